The van der Waals surface area contributed by atoms with Gasteiger partial charge in [-0.25, -0.2) is 0 Å². The van der Waals surface area contributed by atoms with E-state index < -0.39 is 18.0 Å². The van der Waals surface area contributed by atoms with E-state index in [9.17, 15) is 9.59 Å². The number of ether oxygens (including phenoxy) is 3. The Morgan fingerprint density at radius 3 is 2.52 bits per heavy atom. The number of hydrogen-bond donors (Lipinski definition) is 1. The summed E-state index contributed by atoms with van der Waals surface area (Å²) >= 11 is 1.52. The van der Waals surface area contributed by atoms with E-state index in [-0.39, 0.29) is 31.9 Å². The summed E-state index contributed by atoms with van der Waals surface area (Å²) in [5, 5.41) is 10.2. The van der Waals surface area contributed by atoms with E-state index in [1.807, 2.05) is 54.6 Å². The van der Waals surface area contributed by atoms with Crippen LogP contribution in [-0.4, -0.2) is 78.9 Å². The van der Waals surface area contributed by atoms with Gasteiger partial charge >= 0.3 is 11.9 Å². The van der Waals surface area contributed by atoms with Gasteiger partial charge in [0.25, 0.3) is 0 Å². The van der Waals surface area contributed by atoms with Crippen LogP contribution >= 0.6 is 23.9 Å². The standard InChI is InChI=1S/C33H37N3O6S.ClH/c1-40-26-9-6-7-24(21-26)13-14-25-8-2-4-11-29(25)41-23-27(42-32(39)16-15-31(37)38)22-35-17-19-36(20-18-35)33-28-10-3-5-12-30(28)43-34-33;/h2-12,21,27H,13-20,22-23H2,1H3,(H,37,38);1H. The van der Waals surface area contributed by atoms with Crippen molar-refractivity contribution in [2.24, 2.45) is 0 Å². The van der Waals surface area contributed by atoms with Crippen LogP contribution in [0.15, 0.2) is 72.8 Å². The van der Waals surface area contributed by atoms with E-state index in [4.69, 9.17) is 23.7 Å². The molecule has 0 bridgehead atoms. The number of aromatic nitrogens is 1. The van der Waals surface area contributed by atoms with Crippen molar-refractivity contribution < 1.29 is 28.9 Å². The van der Waals surface area contributed by atoms with Crippen LogP contribution in [0.25, 0.3) is 10.1 Å². The van der Waals surface area contributed by atoms with Gasteiger partial charge in [-0.05, 0) is 65.8 Å². The number of hydrogen-bond acceptors (Lipinski definition) is 9. The summed E-state index contributed by atoms with van der Waals surface area (Å²) in [6, 6.07) is 24.2. The van der Waals surface area contributed by atoms with E-state index in [1.54, 1.807) is 7.11 Å². The molecular weight excluding hydrogens is 602 g/mol. The maximum Gasteiger partial charge on any atom is 0.306 e. The number of carbonyl (C=O) groups excluding carboxylic acids is 1. The number of carboxylic acid groups (broad SMARTS) is 1. The molecule has 1 aromatic heterocycles. The van der Waals surface area contributed by atoms with Crippen LogP contribution in [0.1, 0.15) is 24.0 Å². The lowest BCUT2D eigenvalue weighted by atomic mass is 10.0. The summed E-state index contributed by atoms with van der Waals surface area (Å²) in [5.74, 6) is 1.04. The van der Waals surface area contributed by atoms with Crippen molar-refractivity contribution in [1.29, 1.82) is 0 Å². The number of halogens is 1. The van der Waals surface area contributed by atoms with Crippen molar-refractivity contribution >= 4 is 51.8 Å². The van der Waals surface area contributed by atoms with Crippen molar-refractivity contribution in [2.45, 2.75) is 31.8 Å². The number of benzene rings is 3. The Kier molecular flexibility index (Phi) is 12.2. The van der Waals surface area contributed by atoms with Crippen LogP contribution < -0.4 is 14.4 Å². The Hall–Kier alpha value is -3.86. The predicted molar refractivity (Wildman–Crippen MR) is 175 cm³/mol. The number of nitrogens with zero attached hydrogens (tertiary/aromatic N) is 3. The fourth-order valence-electron chi connectivity index (χ4n) is 5.25. The van der Waals surface area contributed by atoms with Crippen molar-refractivity contribution in [2.75, 3.05) is 51.3 Å². The molecule has 234 valence electrons. The zero-order valence-corrected chi connectivity index (χ0v) is 26.4. The highest BCUT2D eigenvalue weighted by molar-refractivity contribution is 7.13. The molecule has 3 aromatic carbocycles. The van der Waals surface area contributed by atoms with Crippen LogP contribution in [0.2, 0.25) is 0 Å². The second-order valence-electron chi connectivity index (χ2n) is 10.6. The monoisotopic (exact) mass is 639 g/mol. The third kappa shape index (κ3) is 9.07. The highest BCUT2D eigenvalue weighted by atomic mass is 35.5. The summed E-state index contributed by atoms with van der Waals surface area (Å²) in [5.41, 5.74) is 2.23. The van der Waals surface area contributed by atoms with Gasteiger partial charge in [-0.2, -0.15) is 4.37 Å². The van der Waals surface area contributed by atoms with Gasteiger partial charge in [0, 0.05) is 38.1 Å². The highest BCUT2D eigenvalue weighted by Gasteiger charge is 2.25. The molecule has 1 aliphatic heterocycles. The number of methoxy groups -OCH3 is 1. The van der Waals surface area contributed by atoms with E-state index >= 15 is 0 Å². The molecule has 1 N–H and O–H groups in total. The maximum absolute atomic E-state index is 12.5. The van der Waals surface area contributed by atoms with Gasteiger partial charge in [-0.1, -0.05) is 42.5 Å². The molecule has 0 radical (unpaired) electrons. The minimum Gasteiger partial charge on any atom is -0.497 e. The lowest BCUT2D eigenvalue weighted by Gasteiger charge is -2.36. The summed E-state index contributed by atoms with van der Waals surface area (Å²) in [7, 11) is 1.66. The molecule has 9 nitrogen and oxygen atoms in total. The second-order valence-corrected chi connectivity index (χ2v) is 11.4. The van der Waals surface area contributed by atoms with Gasteiger partial charge in [0.15, 0.2) is 0 Å². The molecule has 1 atom stereocenters. The number of carbonyl (C=O) groups is 2. The summed E-state index contributed by atoms with van der Waals surface area (Å²) in [6.45, 7) is 3.85. The molecule has 1 saturated heterocycles. The van der Waals surface area contributed by atoms with Crippen molar-refractivity contribution in [3.63, 3.8) is 0 Å². The summed E-state index contributed by atoms with van der Waals surface area (Å²) in [6.07, 6.45) is 0.621. The van der Waals surface area contributed by atoms with Gasteiger partial charge < -0.3 is 24.2 Å². The first-order chi connectivity index (χ1) is 21.0. The first kappa shape index (κ1) is 33.0. The fraction of sp³-hybridized carbons (Fsp3) is 0.364. The van der Waals surface area contributed by atoms with Crippen LogP contribution in [0.5, 0.6) is 11.5 Å². The zero-order chi connectivity index (χ0) is 30.0. The lowest BCUT2D eigenvalue weighted by molar-refractivity contribution is -0.154. The van der Waals surface area contributed by atoms with Crippen LogP contribution in [-0.2, 0) is 27.2 Å². The SMILES string of the molecule is COc1cccc(CCc2ccccc2OCC(CN2CCN(c3nsc4ccccc34)CC2)OC(=O)CCC(=O)O)c1.Cl. The predicted octanol–water partition coefficient (Wildman–Crippen LogP) is 5.49. The summed E-state index contributed by atoms with van der Waals surface area (Å²) < 4.78 is 23.3. The van der Waals surface area contributed by atoms with Crippen molar-refractivity contribution in [1.82, 2.24) is 9.27 Å². The molecule has 1 unspecified atom stereocenters. The minimum atomic E-state index is -1.03. The molecule has 44 heavy (non-hydrogen) atoms. The topological polar surface area (TPSA) is 101 Å². The zero-order valence-electron chi connectivity index (χ0n) is 24.7. The van der Waals surface area contributed by atoms with Crippen molar-refractivity contribution in [3.05, 3.63) is 83.9 Å². The first-order valence-corrected chi connectivity index (χ1v) is 15.3. The normalized spacial score (nSPS) is 14.1. The molecule has 0 spiro atoms. The molecular formula is C33H38ClN3O6S. The lowest BCUT2D eigenvalue weighted by Crippen LogP contribution is -2.50. The molecule has 0 saturated carbocycles. The minimum absolute atomic E-state index is 0. The van der Waals surface area contributed by atoms with Crippen LogP contribution in [0.3, 0.4) is 0 Å². The van der Waals surface area contributed by atoms with E-state index in [1.165, 1.54) is 27.2 Å². The highest BCUT2D eigenvalue weighted by Crippen LogP contribution is 2.30. The quantitative estimate of drug-likeness (QED) is 0.180. The summed E-state index contributed by atoms with van der Waals surface area (Å²) in [4.78, 5) is 28.1. The Morgan fingerprint density at radius 1 is 0.955 bits per heavy atom. The molecule has 1 fully saturated rings. The molecule has 0 aliphatic carbocycles. The third-order valence-corrected chi connectivity index (χ3v) is 8.36. The molecule has 2 heterocycles. The van der Waals surface area contributed by atoms with Gasteiger partial charge in [-0.3, -0.25) is 14.5 Å². The van der Waals surface area contributed by atoms with E-state index in [0.717, 1.165) is 61.9 Å². The molecule has 1 aliphatic rings. The Morgan fingerprint density at radius 2 is 1.73 bits per heavy atom. The number of carboxylic acids is 1. The first-order valence-electron chi connectivity index (χ1n) is 14.5. The number of fused-ring (bicyclic) bond motifs is 1. The second kappa shape index (κ2) is 16.3. The largest absolute Gasteiger partial charge is 0.497 e. The molecule has 0 amide bonds. The van der Waals surface area contributed by atoms with Gasteiger partial charge in [0.1, 0.15) is 30.0 Å². The Labute approximate surface area is 267 Å². The maximum atomic E-state index is 12.5. The van der Waals surface area contributed by atoms with Gasteiger partial charge in [0.05, 0.1) is 24.7 Å². The van der Waals surface area contributed by atoms with E-state index in [2.05, 4.69) is 28.0 Å². The number of piperazine rings is 1. The Bertz CT molecular complexity index is 1520. The molecule has 5 rings (SSSR count). The van der Waals surface area contributed by atoms with E-state index in [0.29, 0.717) is 6.54 Å². The van der Waals surface area contributed by atoms with Crippen LogP contribution in [0.4, 0.5) is 5.82 Å². The number of anilines is 1. The number of rotatable bonds is 14. The Balaban J connectivity index is 0.00000442. The van der Waals surface area contributed by atoms with Crippen LogP contribution in [0, 0.1) is 0 Å². The fourth-order valence-corrected chi connectivity index (χ4v) is 6.05. The number of aliphatic carboxylic acids is 1. The molecule has 4 aromatic rings. The number of para-hydroxylation sites is 1. The smallest absolute Gasteiger partial charge is 0.306 e. The number of esters is 1. The van der Waals surface area contributed by atoms with Gasteiger partial charge in [-0.15, -0.1) is 12.4 Å². The number of aryl methyl sites for hydroxylation is 2. The average molecular weight is 640 g/mol. The molecule has 11 heteroatoms. The van der Waals surface area contributed by atoms with Crippen molar-refractivity contribution in [3.8, 4) is 11.5 Å². The third-order valence-electron chi connectivity index (χ3n) is 7.55. The van der Waals surface area contributed by atoms with Gasteiger partial charge in [0.2, 0.25) is 0 Å². The average Bonchev–Trinajstić information content (AvgIpc) is 3.47.